The van der Waals surface area contributed by atoms with E-state index >= 15 is 0 Å². The molecule has 1 N–H and O–H groups in total. The molecule has 0 unspecified atom stereocenters. The minimum atomic E-state index is -0.183. The summed E-state index contributed by atoms with van der Waals surface area (Å²) in [6.45, 7) is 8.51. The van der Waals surface area contributed by atoms with E-state index in [1.54, 1.807) is 0 Å². The molecular weight excluding hydrogens is 236 g/mol. The fourth-order valence-electron chi connectivity index (χ4n) is 1.01. The average Bonchev–Trinajstić information content (AvgIpc) is 2.18. The van der Waals surface area contributed by atoms with E-state index in [1.807, 2.05) is 0 Å². The molecule has 0 atom stereocenters. The van der Waals surface area contributed by atoms with Gasteiger partial charge in [-0.25, -0.2) is 0 Å². The highest BCUT2D eigenvalue weighted by atomic mass is 35.5. The van der Waals surface area contributed by atoms with Crippen LogP contribution >= 0.6 is 24.2 Å². The first-order chi connectivity index (χ1) is 6.65. The van der Waals surface area contributed by atoms with Crippen LogP contribution in [-0.4, -0.2) is 46.3 Å². The van der Waals surface area contributed by atoms with Gasteiger partial charge in [-0.05, 0) is 13.1 Å². The molecule has 6 heteroatoms. The highest BCUT2D eigenvalue weighted by Crippen LogP contribution is 2.05. The van der Waals surface area contributed by atoms with Gasteiger partial charge in [-0.3, -0.25) is 4.79 Å². The average molecular weight is 255 g/mol. The maximum atomic E-state index is 10.9. The molecule has 0 aromatic rings. The van der Waals surface area contributed by atoms with E-state index in [2.05, 4.69) is 23.9 Å². The van der Waals surface area contributed by atoms with Crippen LogP contribution in [-0.2, 0) is 4.79 Å². The standard InChI is InChI=1S/C9H18N2O2S.ClH/c1-4-11(5-2)6-7-14-9(10-13)8(3)12;/h13H,4-7H2,1-3H3;1H/b10-9-;. The van der Waals surface area contributed by atoms with Crippen molar-refractivity contribution < 1.29 is 10.0 Å². The van der Waals surface area contributed by atoms with Gasteiger partial charge in [0.05, 0.1) is 0 Å². The van der Waals surface area contributed by atoms with E-state index < -0.39 is 0 Å². The minimum absolute atomic E-state index is 0. The molecular formula is C9H19ClN2O2S. The van der Waals surface area contributed by atoms with Crippen molar-refractivity contribution in [2.45, 2.75) is 20.8 Å². The number of nitrogens with zero attached hydrogens (tertiary/aromatic N) is 2. The molecule has 0 aliphatic heterocycles. The Balaban J connectivity index is 0. The number of rotatable bonds is 6. The molecule has 0 saturated carbocycles. The predicted octanol–water partition coefficient (Wildman–Crippen LogP) is 1.86. The molecule has 15 heavy (non-hydrogen) atoms. The number of Topliss-reactive ketones (excluding diaryl/α,β-unsaturated/α-hetero) is 1. The van der Waals surface area contributed by atoms with Crippen LogP contribution in [0.1, 0.15) is 20.8 Å². The molecule has 0 heterocycles. The van der Waals surface area contributed by atoms with Crippen molar-refractivity contribution in [3.8, 4) is 0 Å². The van der Waals surface area contributed by atoms with Crippen LogP contribution in [0.4, 0.5) is 0 Å². The van der Waals surface area contributed by atoms with E-state index in [4.69, 9.17) is 5.21 Å². The minimum Gasteiger partial charge on any atom is -0.410 e. The van der Waals surface area contributed by atoms with E-state index in [0.717, 1.165) is 25.4 Å². The zero-order valence-corrected chi connectivity index (χ0v) is 11.0. The van der Waals surface area contributed by atoms with E-state index in [-0.39, 0.29) is 23.2 Å². The van der Waals surface area contributed by atoms with Crippen LogP contribution in [0.15, 0.2) is 5.16 Å². The lowest BCUT2D eigenvalue weighted by Gasteiger charge is -2.16. The second-order valence-electron chi connectivity index (χ2n) is 2.84. The number of ketones is 1. The Morgan fingerprint density at radius 1 is 1.40 bits per heavy atom. The number of carbonyl (C=O) groups is 1. The lowest BCUT2D eigenvalue weighted by Crippen LogP contribution is -2.26. The van der Waals surface area contributed by atoms with Crippen molar-refractivity contribution in [3.63, 3.8) is 0 Å². The predicted molar refractivity (Wildman–Crippen MR) is 67.4 cm³/mol. The molecule has 0 spiro atoms. The summed E-state index contributed by atoms with van der Waals surface area (Å²) in [5, 5.41) is 11.6. The highest BCUT2D eigenvalue weighted by Gasteiger charge is 2.07. The van der Waals surface area contributed by atoms with Crippen molar-refractivity contribution >= 4 is 35.0 Å². The molecule has 0 saturated heterocycles. The summed E-state index contributed by atoms with van der Waals surface area (Å²) in [4.78, 5) is 13.1. The SMILES string of the molecule is CCN(CC)CCS/C(=N\O)C(C)=O.Cl. The molecule has 4 nitrogen and oxygen atoms in total. The fraction of sp³-hybridized carbons (Fsp3) is 0.778. The van der Waals surface area contributed by atoms with Gasteiger partial charge in [0.25, 0.3) is 0 Å². The van der Waals surface area contributed by atoms with Gasteiger partial charge >= 0.3 is 0 Å². The van der Waals surface area contributed by atoms with Crippen LogP contribution in [0.5, 0.6) is 0 Å². The van der Waals surface area contributed by atoms with E-state index in [0.29, 0.717) is 0 Å². The smallest absolute Gasteiger partial charge is 0.188 e. The topological polar surface area (TPSA) is 52.9 Å². The van der Waals surface area contributed by atoms with Gasteiger partial charge < -0.3 is 10.1 Å². The van der Waals surface area contributed by atoms with Gasteiger partial charge in [-0.15, -0.1) is 12.4 Å². The number of thioether (sulfide) groups is 1. The normalized spacial score (nSPS) is 11.3. The fourth-order valence-corrected chi connectivity index (χ4v) is 1.82. The Kier molecular flexibility index (Phi) is 11.7. The summed E-state index contributed by atoms with van der Waals surface area (Å²) >= 11 is 1.30. The molecule has 0 aliphatic carbocycles. The van der Waals surface area contributed by atoms with Crippen LogP contribution < -0.4 is 0 Å². The highest BCUT2D eigenvalue weighted by molar-refractivity contribution is 8.15. The zero-order chi connectivity index (χ0) is 11.0. The van der Waals surface area contributed by atoms with E-state index in [1.165, 1.54) is 18.7 Å². The summed E-state index contributed by atoms with van der Waals surface area (Å²) in [6, 6.07) is 0. The molecule has 0 rings (SSSR count). The Morgan fingerprint density at radius 3 is 2.27 bits per heavy atom. The number of hydrogen-bond acceptors (Lipinski definition) is 5. The van der Waals surface area contributed by atoms with Gasteiger partial charge in [0, 0.05) is 19.2 Å². The summed E-state index contributed by atoms with van der Waals surface area (Å²) in [7, 11) is 0. The monoisotopic (exact) mass is 254 g/mol. The lowest BCUT2D eigenvalue weighted by atomic mass is 10.5. The summed E-state index contributed by atoms with van der Waals surface area (Å²) in [5.74, 6) is 0.595. The molecule has 0 fully saturated rings. The number of carbonyl (C=O) groups excluding carboxylic acids is 1. The molecule has 90 valence electrons. The summed E-state index contributed by atoms with van der Waals surface area (Å²) in [6.07, 6.45) is 0. The third-order valence-electron chi connectivity index (χ3n) is 1.93. The Bertz CT molecular complexity index is 208. The van der Waals surface area contributed by atoms with Gasteiger partial charge in [-0.2, -0.15) is 0 Å². The van der Waals surface area contributed by atoms with Gasteiger partial charge in [0.1, 0.15) is 0 Å². The lowest BCUT2D eigenvalue weighted by molar-refractivity contribution is -0.110. The molecule has 0 amide bonds. The number of halogens is 1. The van der Waals surface area contributed by atoms with Crippen LogP contribution in [0.3, 0.4) is 0 Å². The first-order valence-electron chi connectivity index (χ1n) is 4.73. The first-order valence-corrected chi connectivity index (χ1v) is 5.72. The Labute approximate surface area is 101 Å². The quantitative estimate of drug-likeness (QED) is 0.340. The summed E-state index contributed by atoms with van der Waals surface area (Å²) in [5.41, 5.74) is 0. The maximum Gasteiger partial charge on any atom is 0.188 e. The largest absolute Gasteiger partial charge is 0.410 e. The maximum absolute atomic E-state index is 10.9. The van der Waals surface area contributed by atoms with Gasteiger partial charge in [-0.1, -0.05) is 30.8 Å². The number of hydrogen-bond donors (Lipinski definition) is 1. The first kappa shape index (κ1) is 17.1. The van der Waals surface area contributed by atoms with Crippen LogP contribution in [0, 0.1) is 0 Å². The Morgan fingerprint density at radius 2 is 1.93 bits per heavy atom. The van der Waals surface area contributed by atoms with Gasteiger partial charge in [0.2, 0.25) is 0 Å². The van der Waals surface area contributed by atoms with Crippen molar-refractivity contribution in [2.75, 3.05) is 25.4 Å². The molecule has 0 bridgehead atoms. The third-order valence-corrected chi connectivity index (χ3v) is 2.96. The van der Waals surface area contributed by atoms with Crippen molar-refractivity contribution in [3.05, 3.63) is 0 Å². The van der Waals surface area contributed by atoms with Crippen molar-refractivity contribution in [2.24, 2.45) is 5.16 Å². The molecule has 0 aromatic heterocycles. The van der Waals surface area contributed by atoms with Crippen LogP contribution in [0.2, 0.25) is 0 Å². The summed E-state index contributed by atoms with van der Waals surface area (Å²) < 4.78 is 0. The molecule has 0 radical (unpaired) electrons. The second-order valence-corrected chi connectivity index (χ2v) is 3.92. The Hall–Kier alpha value is -0.260. The van der Waals surface area contributed by atoms with Gasteiger partial charge in [0.15, 0.2) is 10.8 Å². The van der Waals surface area contributed by atoms with Crippen LogP contribution in [0.25, 0.3) is 0 Å². The molecule has 0 aliphatic rings. The van der Waals surface area contributed by atoms with Crippen molar-refractivity contribution in [1.82, 2.24) is 4.90 Å². The molecule has 0 aromatic carbocycles. The zero-order valence-electron chi connectivity index (χ0n) is 9.39. The second kappa shape index (κ2) is 10.3. The van der Waals surface area contributed by atoms with Crippen molar-refractivity contribution in [1.29, 1.82) is 0 Å². The third kappa shape index (κ3) is 7.64. The number of oxime groups is 1. The van der Waals surface area contributed by atoms with E-state index in [9.17, 15) is 4.79 Å².